The summed E-state index contributed by atoms with van der Waals surface area (Å²) in [6.45, 7) is 4.76. The second-order valence-electron chi connectivity index (χ2n) is 11.6. The van der Waals surface area contributed by atoms with E-state index >= 15 is 0 Å². The van der Waals surface area contributed by atoms with E-state index in [1.807, 2.05) is 6.92 Å². The summed E-state index contributed by atoms with van der Waals surface area (Å²) >= 11 is 0. The van der Waals surface area contributed by atoms with Crippen LogP contribution in [0.4, 0.5) is 0 Å². The first-order valence-electron chi connectivity index (χ1n) is 11.8. The molecule has 1 aromatic rings. The van der Waals surface area contributed by atoms with E-state index in [1.54, 1.807) is 0 Å². The van der Waals surface area contributed by atoms with Crippen LogP contribution in [0.3, 0.4) is 0 Å². The number of tetrazole rings is 1. The van der Waals surface area contributed by atoms with Crippen molar-refractivity contribution in [3.05, 3.63) is 6.33 Å². The van der Waals surface area contributed by atoms with E-state index in [4.69, 9.17) is 0 Å². The molecule has 158 valence electrons. The van der Waals surface area contributed by atoms with E-state index in [2.05, 4.69) is 22.3 Å². The van der Waals surface area contributed by atoms with Crippen LogP contribution in [0, 0.1) is 52.8 Å². The fraction of sp³-hybridized carbons (Fsp3) is 0.913. The lowest BCUT2D eigenvalue weighted by molar-refractivity contribution is -0.136. The van der Waals surface area contributed by atoms with Crippen LogP contribution in [0.15, 0.2) is 6.33 Å². The predicted octanol–water partition coefficient (Wildman–Crippen LogP) is 3.12. The topological polar surface area (TPSA) is 80.9 Å². The van der Waals surface area contributed by atoms with Crippen molar-refractivity contribution in [2.75, 3.05) is 0 Å². The maximum atomic E-state index is 13.3. The Morgan fingerprint density at radius 2 is 1.90 bits per heavy atom. The maximum Gasteiger partial charge on any atom is 0.162 e. The van der Waals surface area contributed by atoms with E-state index in [9.17, 15) is 9.90 Å². The lowest BCUT2D eigenvalue weighted by atomic mass is 9.48. The highest BCUT2D eigenvalue weighted by Gasteiger charge is 2.70. The van der Waals surface area contributed by atoms with Gasteiger partial charge in [0.1, 0.15) is 6.54 Å². The average molecular weight is 399 g/mol. The SMILES string of the molecule is C[C@@]1(O)CC[C@H]2[C@H](CC[C@@H]3[C@@H]2CC[C@@]2(C)[C@H]3[C@@H]3C[C@@H]3[C@@H]2C(=O)Cn2ncnn2)C1. The third-order valence-corrected chi connectivity index (χ3v) is 10.1. The molecule has 0 amide bonds. The zero-order chi connectivity index (χ0) is 20.0. The first-order chi connectivity index (χ1) is 13.9. The Labute approximate surface area is 172 Å². The normalized spacial score (nSPS) is 52.8. The average Bonchev–Trinajstić information content (AvgIpc) is 3.12. The highest BCUT2D eigenvalue weighted by Crippen LogP contribution is 2.74. The Kier molecular flexibility index (Phi) is 3.89. The van der Waals surface area contributed by atoms with Gasteiger partial charge in [0, 0.05) is 5.92 Å². The summed E-state index contributed by atoms with van der Waals surface area (Å²) in [5, 5.41) is 22.4. The minimum atomic E-state index is -0.445. The maximum absolute atomic E-state index is 13.3. The van der Waals surface area contributed by atoms with Gasteiger partial charge in [-0.1, -0.05) is 6.92 Å². The second-order valence-corrected chi connectivity index (χ2v) is 11.6. The molecule has 0 saturated heterocycles. The van der Waals surface area contributed by atoms with E-state index in [0.29, 0.717) is 11.7 Å². The Morgan fingerprint density at radius 1 is 1.07 bits per heavy atom. The Balaban J connectivity index is 1.24. The highest BCUT2D eigenvalue weighted by atomic mass is 16.3. The van der Waals surface area contributed by atoms with Crippen LogP contribution in [0.2, 0.25) is 0 Å². The van der Waals surface area contributed by atoms with E-state index < -0.39 is 5.60 Å². The van der Waals surface area contributed by atoms with Crippen LogP contribution in [-0.2, 0) is 11.3 Å². The fourth-order valence-corrected chi connectivity index (χ4v) is 9.15. The van der Waals surface area contributed by atoms with Gasteiger partial charge < -0.3 is 5.11 Å². The Morgan fingerprint density at radius 3 is 2.69 bits per heavy atom. The summed E-state index contributed by atoms with van der Waals surface area (Å²) in [6.07, 6.45) is 10.9. The van der Waals surface area contributed by atoms with Crippen molar-refractivity contribution in [2.45, 2.75) is 77.4 Å². The summed E-state index contributed by atoms with van der Waals surface area (Å²) in [5.41, 5.74) is -0.279. The predicted molar refractivity (Wildman–Crippen MR) is 106 cm³/mol. The van der Waals surface area contributed by atoms with Crippen molar-refractivity contribution in [1.29, 1.82) is 0 Å². The molecule has 0 radical (unpaired) electrons. The van der Waals surface area contributed by atoms with Gasteiger partial charge in [-0.15, -0.1) is 10.2 Å². The third-order valence-electron chi connectivity index (χ3n) is 10.1. The lowest BCUT2D eigenvalue weighted by Gasteiger charge is -2.57. The number of ketones is 1. The molecule has 1 aromatic heterocycles. The smallest absolute Gasteiger partial charge is 0.162 e. The van der Waals surface area contributed by atoms with Gasteiger partial charge in [0.05, 0.1) is 5.60 Å². The standard InChI is InChI=1S/C23H34N4O2/c1-22(29)7-5-14-13(10-22)3-4-16-15(14)6-8-23(2)20(16)17-9-18(17)21(23)19(28)11-27-25-12-24-26-27/h12-18,20-21,29H,3-11H2,1-2H3/t13-,14+,15-,16-,17-,18+,20-,21-,22-,23+/m1/s1. The minimum Gasteiger partial charge on any atom is -0.390 e. The number of rotatable bonds is 3. The number of Topliss-reactive ketones (excluding diaryl/α,β-unsaturated/α-hetero) is 1. The van der Waals surface area contributed by atoms with Crippen molar-refractivity contribution in [1.82, 2.24) is 20.2 Å². The summed E-state index contributed by atoms with van der Waals surface area (Å²) in [7, 11) is 0. The number of carbonyl (C=O) groups excluding carboxylic acids is 1. The quantitative estimate of drug-likeness (QED) is 0.846. The number of fused-ring (bicyclic) bond motifs is 7. The van der Waals surface area contributed by atoms with Crippen molar-refractivity contribution in [2.24, 2.45) is 52.8 Å². The molecule has 10 atom stereocenters. The summed E-state index contributed by atoms with van der Waals surface area (Å²) in [5.74, 6) is 5.79. The van der Waals surface area contributed by atoms with Gasteiger partial charge in [0.25, 0.3) is 0 Å². The van der Waals surface area contributed by atoms with Gasteiger partial charge >= 0.3 is 0 Å². The lowest BCUT2D eigenvalue weighted by Crippen LogP contribution is -2.52. The molecule has 0 bridgehead atoms. The van der Waals surface area contributed by atoms with Crippen LogP contribution >= 0.6 is 0 Å². The number of nitrogens with zero attached hydrogens (tertiary/aromatic N) is 4. The van der Waals surface area contributed by atoms with Crippen molar-refractivity contribution < 1.29 is 9.90 Å². The van der Waals surface area contributed by atoms with Gasteiger partial charge in [-0.05, 0) is 110 Å². The Hall–Kier alpha value is -1.30. The first kappa shape index (κ1) is 18.5. The minimum absolute atomic E-state index is 0.166. The highest BCUT2D eigenvalue weighted by molar-refractivity contribution is 5.83. The molecule has 1 heterocycles. The molecule has 0 spiro atoms. The van der Waals surface area contributed by atoms with E-state index in [0.717, 1.165) is 48.3 Å². The van der Waals surface area contributed by atoms with Gasteiger partial charge in [-0.25, -0.2) is 0 Å². The third kappa shape index (κ3) is 2.70. The molecule has 5 saturated carbocycles. The van der Waals surface area contributed by atoms with Gasteiger partial charge in [-0.2, -0.15) is 4.80 Å². The molecule has 29 heavy (non-hydrogen) atoms. The molecule has 6 rings (SSSR count). The molecular formula is C23H34N4O2. The summed E-state index contributed by atoms with van der Waals surface area (Å²) < 4.78 is 0. The van der Waals surface area contributed by atoms with Crippen molar-refractivity contribution in [3.8, 4) is 0 Å². The van der Waals surface area contributed by atoms with Crippen LogP contribution in [0.25, 0.3) is 0 Å². The molecule has 0 aliphatic heterocycles. The van der Waals surface area contributed by atoms with Crippen molar-refractivity contribution in [3.63, 3.8) is 0 Å². The Bertz CT molecular complexity index is 808. The number of hydrogen-bond donors (Lipinski definition) is 1. The van der Waals surface area contributed by atoms with E-state index in [1.165, 1.54) is 49.6 Å². The number of carbonyl (C=O) groups is 1. The van der Waals surface area contributed by atoms with Crippen LogP contribution in [0.1, 0.15) is 65.2 Å². The fourth-order valence-electron chi connectivity index (χ4n) is 9.15. The molecular weight excluding hydrogens is 364 g/mol. The summed E-state index contributed by atoms with van der Waals surface area (Å²) in [6, 6.07) is 0. The van der Waals surface area contributed by atoms with Crippen molar-refractivity contribution >= 4 is 5.78 Å². The van der Waals surface area contributed by atoms with Gasteiger partial charge in [0.15, 0.2) is 12.1 Å². The molecule has 5 aliphatic rings. The number of hydrogen-bond acceptors (Lipinski definition) is 5. The first-order valence-corrected chi connectivity index (χ1v) is 11.8. The van der Waals surface area contributed by atoms with Crippen LogP contribution in [-0.4, -0.2) is 36.7 Å². The second kappa shape index (κ2) is 6.12. The summed E-state index contributed by atoms with van der Waals surface area (Å²) in [4.78, 5) is 14.8. The molecule has 5 aliphatic carbocycles. The zero-order valence-electron chi connectivity index (χ0n) is 17.7. The molecule has 1 N–H and O–H groups in total. The van der Waals surface area contributed by atoms with Crippen LogP contribution in [0.5, 0.6) is 0 Å². The molecule has 6 nitrogen and oxygen atoms in total. The molecule has 6 heteroatoms. The monoisotopic (exact) mass is 398 g/mol. The molecule has 5 fully saturated rings. The number of aromatic nitrogens is 4. The van der Waals surface area contributed by atoms with E-state index in [-0.39, 0.29) is 17.9 Å². The number of aliphatic hydroxyl groups is 1. The van der Waals surface area contributed by atoms with Gasteiger partial charge in [0.2, 0.25) is 0 Å². The zero-order valence-corrected chi connectivity index (χ0v) is 17.7. The largest absolute Gasteiger partial charge is 0.390 e. The molecule has 0 aromatic carbocycles. The molecule has 0 unspecified atom stereocenters. The van der Waals surface area contributed by atoms with Gasteiger partial charge in [-0.3, -0.25) is 4.79 Å². The van der Waals surface area contributed by atoms with Crippen LogP contribution < -0.4 is 0 Å².